The molecule has 0 aliphatic rings. The van der Waals surface area contributed by atoms with Crippen molar-refractivity contribution in [2.24, 2.45) is 0 Å². The fourth-order valence-electron chi connectivity index (χ4n) is 3.19. The third-order valence-electron chi connectivity index (χ3n) is 5.25. The molecule has 188 valence electrons. The van der Waals surface area contributed by atoms with E-state index in [-0.39, 0.29) is 40.6 Å². The Kier molecular flexibility index (Phi) is 8.89. The number of hydrogen-bond acceptors (Lipinski definition) is 7. The van der Waals surface area contributed by atoms with E-state index < -0.39 is 23.8 Å². The van der Waals surface area contributed by atoms with Crippen LogP contribution in [0.5, 0.6) is 11.5 Å². The second kappa shape index (κ2) is 12.3. The van der Waals surface area contributed by atoms with Crippen molar-refractivity contribution >= 4 is 23.7 Å². The monoisotopic (exact) mass is 498 g/mol. The Bertz CT molecular complexity index is 1320. The molecule has 0 heterocycles. The molecule has 0 radical (unpaired) electrons. The summed E-state index contributed by atoms with van der Waals surface area (Å²) < 4.78 is 15.8. The maximum absolute atomic E-state index is 13.4. The molecule has 0 aliphatic heterocycles. The number of carbonyl (C=O) groups excluding carboxylic acids is 4. The molecule has 0 aliphatic carbocycles. The summed E-state index contributed by atoms with van der Waals surface area (Å²) in [6, 6.07) is 21.0. The van der Waals surface area contributed by atoms with Crippen LogP contribution in [0.4, 0.5) is 0 Å². The van der Waals surface area contributed by atoms with E-state index in [0.717, 1.165) is 0 Å². The SMILES string of the molecule is C=C(C)C(=O)Oc1ccc(C(=O)OCC(C(=O)c2ccc(OC(=O)C(=C)C)cc2)c2ccccc2)cc1. The van der Waals surface area contributed by atoms with Crippen LogP contribution in [-0.2, 0) is 14.3 Å². The molecular weight excluding hydrogens is 472 g/mol. The molecule has 0 N–H and O–H groups in total. The second-order valence-corrected chi connectivity index (χ2v) is 8.31. The lowest BCUT2D eigenvalue weighted by atomic mass is 9.91. The Morgan fingerprint density at radius 1 is 0.676 bits per heavy atom. The number of ketones is 1. The lowest BCUT2D eigenvalue weighted by Gasteiger charge is -2.17. The molecule has 0 saturated heterocycles. The Morgan fingerprint density at radius 3 is 1.59 bits per heavy atom. The van der Waals surface area contributed by atoms with Gasteiger partial charge in [0.2, 0.25) is 0 Å². The van der Waals surface area contributed by atoms with E-state index in [4.69, 9.17) is 14.2 Å². The quantitative estimate of drug-likeness (QED) is 0.158. The highest BCUT2D eigenvalue weighted by molar-refractivity contribution is 6.01. The fourth-order valence-corrected chi connectivity index (χ4v) is 3.19. The van der Waals surface area contributed by atoms with Crippen LogP contribution >= 0.6 is 0 Å². The number of hydrogen-bond donors (Lipinski definition) is 0. The summed E-state index contributed by atoms with van der Waals surface area (Å²) in [7, 11) is 0. The third-order valence-corrected chi connectivity index (χ3v) is 5.25. The van der Waals surface area contributed by atoms with Gasteiger partial charge in [-0.1, -0.05) is 43.5 Å². The van der Waals surface area contributed by atoms with Crippen LogP contribution in [0, 0.1) is 0 Å². The van der Waals surface area contributed by atoms with Gasteiger partial charge >= 0.3 is 17.9 Å². The van der Waals surface area contributed by atoms with E-state index in [1.165, 1.54) is 43.3 Å². The van der Waals surface area contributed by atoms with Crippen LogP contribution in [0.3, 0.4) is 0 Å². The predicted octanol–water partition coefficient (Wildman–Crippen LogP) is 5.47. The van der Waals surface area contributed by atoms with E-state index in [1.54, 1.807) is 43.3 Å². The van der Waals surface area contributed by atoms with Crippen molar-refractivity contribution in [3.63, 3.8) is 0 Å². The van der Waals surface area contributed by atoms with E-state index in [1.807, 2.05) is 6.07 Å². The highest BCUT2D eigenvalue weighted by Gasteiger charge is 2.24. The largest absolute Gasteiger partial charge is 0.461 e. The molecular formula is C30H26O7. The van der Waals surface area contributed by atoms with Crippen LogP contribution in [-0.4, -0.2) is 30.3 Å². The summed E-state index contributed by atoms with van der Waals surface area (Å²) in [5.41, 5.74) is 1.79. The van der Waals surface area contributed by atoms with E-state index in [9.17, 15) is 19.2 Å². The summed E-state index contributed by atoms with van der Waals surface area (Å²) in [6.45, 7) is 9.94. The van der Waals surface area contributed by atoms with Gasteiger partial charge in [-0.25, -0.2) is 14.4 Å². The van der Waals surface area contributed by atoms with Crippen molar-refractivity contribution in [2.45, 2.75) is 19.8 Å². The molecule has 0 amide bonds. The highest BCUT2D eigenvalue weighted by Crippen LogP contribution is 2.24. The molecule has 3 aromatic carbocycles. The molecule has 3 aromatic rings. The topological polar surface area (TPSA) is 96.0 Å². The van der Waals surface area contributed by atoms with Gasteiger partial charge in [-0.3, -0.25) is 4.79 Å². The first-order chi connectivity index (χ1) is 17.7. The number of ether oxygens (including phenoxy) is 3. The molecule has 37 heavy (non-hydrogen) atoms. The molecule has 1 atom stereocenters. The minimum atomic E-state index is -0.759. The molecule has 0 bridgehead atoms. The smallest absolute Gasteiger partial charge is 0.338 e. The molecule has 7 nitrogen and oxygen atoms in total. The molecule has 0 saturated carbocycles. The normalized spacial score (nSPS) is 11.1. The third kappa shape index (κ3) is 7.35. The molecule has 3 rings (SSSR count). The van der Waals surface area contributed by atoms with Crippen LogP contribution in [0.1, 0.15) is 46.0 Å². The maximum atomic E-state index is 13.4. The minimum Gasteiger partial charge on any atom is -0.461 e. The van der Waals surface area contributed by atoms with Crippen molar-refractivity contribution in [3.05, 3.63) is 120 Å². The molecule has 0 spiro atoms. The first-order valence-corrected chi connectivity index (χ1v) is 11.4. The van der Waals surface area contributed by atoms with Gasteiger partial charge in [-0.05, 0) is 67.9 Å². The summed E-state index contributed by atoms with van der Waals surface area (Å²) in [5, 5.41) is 0. The number of Topliss-reactive ketones (excluding diaryl/α,β-unsaturated/α-hetero) is 1. The van der Waals surface area contributed by atoms with Gasteiger partial charge < -0.3 is 14.2 Å². The fraction of sp³-hybridized carbons (Fsp3) is 0.133. The van der Waals surface area contributed by atoms with Gasteiger partial charge in [0.15, 0.2) is 5.78 Å². The van der Waals surface area contributed by atoms with E-state index in [0.29, 0.717) is 11.1 Å². The van der Waals surface area contributed by atoms with Gasteiger partial charge in [-0.15, -0.1) is 0 Å². The number of rotatable bonds is 10. The van der Waals surface area contributed by atoms with E-state index >= 15 is 0 Å². The van der Waals surface area contributed by atoms with Gasteiger partial charge in [0.1, 0.15) is 18.1 Å². The average molecular weight is 499 g/mol. The molecule has 7 heteroatoms. The van der Waals surface area contributed by atoms with Crippen LogP contribution < -0.4 is 9.47 Å². The minimum absolute atomic E-state index is 0.194. The average Bonchev–Trinajstić information content (AvgIpc) is 2.89. The van der Waals surface area contributed by atoms with Crippen LogP contribution in [0.15, 0.2) is 103 Å². The number of carbonyl (C=O) groups is 4. The maximum Gasteiger partial charge on any atom is 0.338 e. The predicted molar refractivity (Wildman–Crippen MR) is 138 cm³/mol. The van der Waals surface area contributed by atoms with E-state index in [2.05, 4.69) is 13.2 Å². The lowest BCUT2D eigenvalue weighted by Crippen LogP contribution is -2.21. The molecule has 0 fully saturated rings. The Balaban J connectivity index is 1.72. The highest BCUT2D eigenvalue weighted by atomic mass is 16.5. The summed E-state index contributed by atoms with van der Waals surface area (Å²) in [6.07, 6.45) is 0. The van der Waals surface area contributed by atoms with Crippen LogP contribution in [0.25, 0.3) is 0 Å². The standard InChI is InChI=1S/C30H26O7/c1-19(2)28(32)36-24-14-10-22(11-15-24)27(31)26(21-8-6-5-7-9-21)18-35-30(34)23-12-16-25(17-13-23)37-29(33)20(3)4/h5-17,26H,1,3,18H2,2,4H3. The Hall–Kier alpha value is -4.78. The van der Waals surface area contributed by atoms with Gasteiger partial charge in [0.25, 0.3) is 0 Å². The Labute approximate surface area is 215 Å². The van der Waals surface area contributed by atoms with Crippen molar-refractivity contribution in [1.29, 1.82) is 0 Å². The summed E-state index contributed by atoms with van der Waals surface area (Å²) >= 11 is 0. The number of benzene rings is 3. The Morgan fingerprint density at radius 2 is 1.14 bits per heavy atom. The summed E-state index contributed by atoms with van der Waals surface area (Å²) in [5.74, 6) is -2.24. The van der Waals surface area contributed by atoms with Crippen molar-refractivity contribution < 1.29 is 33.4 Å². The zero-order valence-electron chi connectivity index (χ0n) is 20.6. The molecule has 0 aromatic heterocycles. The van der Waals surface area contributed by atoms with Gasteiger partial charge in [0.05, 0.1) is 11.5 Å². The van der Waals surface area contributed by atoms with Gasteiger partial charge in [-0.2, -0.15) is 0 Å². The first kappa shape index (κ1) is 26.8. The first-order valence-electron chi connectivity index (χ1n) is 11.4. The second-order valence-electron chi connectivity index (χ2n) is 8.31. The van der Waals surface area contributed by atoms with Crippen LogP contribution in [0.2, 0.25) is 0 Å². The lowest BCUT2D eigenvalue weighted by molar-refractivity contribution is -0.130. The zero-order valence-corrected chi connectivity index (χ0v) is 20.6. The van der Waals surface area contributed by atoms with Crippen molar-refractivity contribution in [2.75, 3.05) is 6.61 Å². The van der Waals surface area contributed by atoms with Crippen molar-refractivity contribution in [1.82, 2.24) is 0 Å². The number of esters is 3. The van der Waals surface area contributed by atoms with Gasteiger partial charge in [0, 0.05) is 16.7 Å². The summed E-state index contributed by atoms with van der Waals surface area (Å²) in [4.78, 5) is 49.4. The zero-order chi connectivity index (χ0) is 26.9. The van der Waals surface area contributed by atoms with Crippen molar-refractivity contribution in [3.8, 4) is 11.5 Å². The molecule has 1 unspecified atom stereocenters.